The molecule has 2 aromatic carbocycles. The van der Waals surface area contributed by atoms with Crippen LogP contribution in [-0.2, 0) is 9.59 Å². The Balaban J connectivity index is 1.62. The number of anilines is 2. The number of para-hydroxylation sites is 2. The molecule has 0 spiro atoms. The van der Waals surface area contributed by atoms with Gasteiger partial charge in [-0.05, 0) is 43.5 Å². The van der Waals surface area contributed by atoms with Crippen LogP contribution in [0.1, 0.15) is 25.7 Å². The maximum absolute atomic E-state index is 13.9. The molecule has 3 N–H and O–H groups in total. The van der Waals surface area contributed by atoms with Crippen LogP contribution >= 0.6 is 11.8 Å². The second-order valence-corrected chi connectivity index (χ2v) is 9.38. The van der Waals surface area contributed by atoms with Gasteiger partial charge in [-0.1, -0.05) is 36.0 Å². The van der Waals surface area contributed by atoms with E-state index in [0.29, 0.717) is 25.8 Å². The van der Waals surface area contributed by atoms with E-state index in [9.17, 15) is 23.9 Å². The minimum absolute atomic E-state index is 0.347. The van der Waals surface area contributed by atoms with E-state index in [0.717, 1.165) is 21.2 Å². The van der Waals surface area contributed by atoms with E-state index in [2.05, 4.69) is 5.32 Å². The zero-order valence-electron chi connectivity index (χ0n) is 18.4. The van der Waals surface area contributed by atoms with Crippen LogP contribution in [0.3, 0.4) is 0 Å². The summed E-state index contributed by atoms with van der Waals surface area (Å²) in [5.41, 5.74) is 1.44. The van der Waals surface area contributed by atoms with Gasteiger partial charge < -0.3 is 20.4 Å². The molecule has 34 heavy (non-hydrogen) atoms. The first-order chi connectivity index (χ1) is 16.4. The summed E-state index contributed by atoms with van der Waals surface area (Å²) in [6, 6.07) is 12.6. The molecule has 2 unspecified atom stereocenters. The van der Waals surface area contributed by atoms with Crippen LogP contribution in [0.25, 0.3) is 0 Å². The van der Waals surface area contributed by atoms with Crippen molar-refractivity contribution in [3.8, 4) is 0 Å². The Morgan fingerprint density at radius 2 is 1.68 bits per heavy atom. The molecular formula is C24H26FN3O5S. The van der Waals surface area contributed by atoms with Crippen molar-refractivity contribution in [2.45, 2.75) is 53.7 Å². The van der Waals surface area contributed by atoms with Crippen molar-refractivity contribution in [1.29, 1.82) is 0 Å². The fourth-order valence-electron chi connectivity index (χ4n) is 4.33. The molecule has 4 rings (SSSR count). The van der Waals surface area contributed by atoms with Gasteiger partial charge in [-0.2, -0.15) is 0 Å². The number of urea groups is 1. The van der Waals surface area contributed by atoms with Crippen molar-refractivity contribution < 1.29 is 29.0 Å². The lowest BCUT2D eigenvalue weighted by Crippen LogP contribution is -2.58. The summed E-state index contributed by atoms with van der Waals surface area (Å²) in [7, 11) is 0. The molecule has 0 bridgehead atoms. The molecule has 0 aliphatic carbocycles. The summed E-state index contributed by atoms with van der Waals surface area (Å²) in [5.74, 6) is -1.87. The SMILES string of the molecule is O=C(O)CC(NC(=O)[C@@H]1CCCCN1C(=O)N1c2ccccc2Sc2ccccc21)C(O)CF. The highest BCUT2D eigenvalue weighted by atomic mass is 32.2. The molecule has 8 nitrogen and oxygen atoms in total. The van der Waals surface area contributed by atoms with Gasteiger partial charge in [0.1, 0.15) is 18.8 Å². The number of alkyl halides is 1. The molecule has 1 saturated heterocycles. The Morgan fingerprint density at radius 3 is 2.26 bits per heavy atom. The maximum atomic E-state index is 13.9. The Labute approximate surface area is 200 Å². The number of hydrogen-bond acceptors (Lipinski definition) is 5. The third kappa shape index (κ3) is 4.88. The fraction of sp³-hybridized carbons (Fsp3) is 0.375. The van der Waals surface area contributed by atoms with Crippen molar-refractivity contribution in [1.82, 2.24) is 10.2 Å². The van der Waals surface area contributed by atoms with Crippen LogP contribution in [0.15, 0.2) is 58.3 Å². The molecule has 2 aliphatic heterocycles. The molecule has 180 valence electrons. The van der Waals surface area contributed by atoms with Crippen LogP contribution in [0, 0.1) is 0 Å². The van der Waals surface area contributed by atoms with E-state index in [4.69, 9.17) is 5.11 Å². The number of amides is 3. The van der Waals surface area contributed by atoms with E-state index in [1.807, 2.05) is 48.5 Å². The van der Waals surface area contributed by atoms with E-state index in [1.54, 1.807) is 16.7 Å². The minimum atomic E-state index is -1.65. The van der Waals surface area contributed by atoms with Gasteiger partial charge in [-0.3, -0.25) is 14.5 Å². The smallest absolute Gasteiger partial charge is 0.329 e. The van der Waals surface area contributed by atoms with Gasteiger partial charge in [-0.15, -0.1) is 0 Å². The average molecular weight is 488 g/mol. The number of aliphatic hydroxyl groups is 1. The highest BCUT2D eigenvalue weighted by Gasteiger charge is 2.39. The Bertz CT molecular complexity index is 1040. The zero-order chi connectivity index (χ0) is 24.2. The van der Waals surface area contributed by atoms with Crippen LogP contribution < -0.4 is 10.2 Å². The lowest BCUT2D eigenvalue weighted by atomic mass is 10.00. The first-order valence-corrected chi connectivity index (χ1v) is 11.9. The van der Waals surface area contributed by atoms with Crippen molar-refractivity contribution in [2.75, 3.05) is 18.1 Å². The second kappa shape index (κ2) is 10.4. The number of hydrogen-bond donors (Lipinski definition) is 3. The number of fused-ring (bicyclic) bond motifs is 2. The number of likely N-dealkylation sites (tertiary alicyclic amines) is 1. The molecule has 2 heterocycles. The van der Waals surface area contributed by atoms with E-state index in [1.165, 1.54) is 4.90 Å². The number of rotatable bonds is 6. The summed E-state index contributed by atoms with van der Waals surface area (Å²) >= 11 is 1.57. The molecule has 0 saturated carbocycles. The van der Waals surface area contributed by atoms with Crippen LogP contribution in [0.2, 0.25) is 0 Å². The van der Waals surface area contributed by atoms with Gasteiger partial charge >= 0.3 is 12.0 Å². The van der Waals surface area contributed by atoms with Crippen LogP contribution in [0.4, 0.5) is 20.6 Å². The van der Waals surface area contributed by atoms with E-state index < -0.39 is 43.2 Å². The lowest BCUT2D eigenvalue weighted by molar-refractivity contribution is -0.139. The third-order valence-corrected chi connectivity index (χ3v) is 7.15. The molecule has 10 heteroatoms. The fourth-order valence-corrected chi connectivity index (χ4v) is 5.39. The van der Waals surface area contributed by atoms with Gasteiger partial charge in [0.2, 0.25) is 5.91 Å². The third-order valence-electron chi connectivity index (χ3n) is 6.02. The number of nitrogens with zero attached hydrogens (tertiary/aromatic N) is 2. The Morgan fingerprint density at radius 1 is 1.06 bits per heavy atom. The molecule has 3 atom stereocenters. The number of carboxylic acid groups (broad SMARTS) is 1. The number of carbonyl (C=O) groups excluding carboxylic acids is 2. The number of halogens is 1. The number of benzene rings is 2. The number of carbonyl (C=O) groups is 3. The lowest BCUT2D eigenvalue weighted by Gasteiger charge is -2.40. The number of carboxylic acids is 1. The molecular weight excluding hydrogens is 461 g/mol. The number of piperidine rings is 1. The topological polar surface area (TPSA) is 110 Å². The Kier molecular flexibility index (Phi) is 7.38. The Hall–Kier alpha value is -3.11. The quantitative estimate of drug-likeness (QED) is 0.575. The molecule has 1 fully saturated rings. The van der Waals surface area contributed by atoms with Gasteiger partial charge in [0.05, 0.1) is 23.8 Å². The number of nitrogens with one attached hydrogen (secondary N) is 1. The molecule has 2 aliphatic rings. The minimum Gasteiger partial charge on any atom is -0.481 e. The zero-order valence-corrected chi connectivity index (χ0v) is 19.2. The average Bonchev–Trinajstić information content (AvgIpc) is 2.85. The predicted molar refractivity (Wildman–Crippen MR) is 125 cm³/mol. The summed E-state index contributed by atoms with van der Waals surface area (Å²) in [5, 5.41) is 21.4. The number of aliphatic carboxylic acids is 1. The second-order valence-electron chi connectivity index (χ2n) is 8.30. The van der Waals surface area contributed by atoms with Crippen molar-refractivity contribution in [3.63, 3.8) is 0 Å². The highest BCUT2D eigenvalue weighted by Crippen LogP contribution is 2.48. The molecule has 0 aromatic heterocycles. The monoisotopic (exact) mass is 487 g/mol. The highest BCUT2D eigenvalue weighted by molar-refractivity contribution is 7.99. The van der Waals surface area contributed by atoms with Crippen molar-refractivity contribution in [2.24, 2.45) is 0 Å². The van der Waals surface area contributed by atoms with Gasteiger partial charge in [0.25, 0.3) is 0 Å². The van der Waals surface area contributed by atoms with Crippen molar-refractivity contribution >= 4 is 41.0 Å². The number of aliphatic hydroxyl groups excluding tert-OH is 1. The molecule has 0 radical (unpaired) electrons. The van der Waals surface area contributed by atoms with Crippen LogP contribution in [-0.4, -0.2) is 64.4 Å². The van der Waals surface area contributed by atoms with Crippen molar-refractivity contribution in [3.05, 3.63) is 48.5 Å². The van der Waals surface area contributed by atoms with Gasteiger partial charge in [0.15, 0.2) is 0 Å². The first kappa shape index (κ1) is 24.0. The molecule has 3 amide bonds. The standard InChI is InChI=1S/C24H26FN3O5S/c25-14-19(29)15(13-22(30)31)26-23(32)18-9-5-6-12-27(18)24(33)28-16-7-1-3-10-20(16)34-21-11-4-2-8-17(21)28/h1-4,7-8,10-11,15,18-19,29H,5-6,9,12-14H2,(H,26,32)(H,30,31)/t15?,18-,19?/m0/s1. The predicted octanol–water partition coefficient (Wildman–Crippen LogP) is 3.55. The molecule has 2 aromatic rings. The summed E-state index contributed by atoms with van der Waals surface area (Å²) in [6.45, 7) is -0.843. The normalized spacial score (nSPS) is 18.9. The largest absolute Gasteiger partial charge is 0.481 e. The summed E-state index contributed by atoms with van der Waals surface area (Å²) in [6.07, 6.45) is -0.463. The maximum Gasteiger partial charge on any atom is 0.329 e. The van der Waals surface area contributed by atoms with E-state index in [-0.39, 0.29) is 6.03 Å². The van der Waals surface area contributed by atoms with Gasteiger partial charge in [-0.25, -0.2) is 9.18 Å². The van der Waals surface area contributed by atoms with E-state index >= 15 is 0 Å². The summed E-state index contributed by atoms with van der Waals surface area (Å²) in [4.78, 5) is 43.1. The van der Waals surface area contributed by atoms with Gasteiger partial charge in [0, 0.05) is 16.3 Å². The summed E-state index contributed by atoms with van der Waals surface area (Å²) < 4.78 is 13.0. The first-order valence-electron chi connectivity index (χ1n) is 11.1. The van der Waals surface area contributed by atoms with Crippen LogP contribution in [0.5, 0.6) is 0 Å².